The minimum atomic E-state index is -1.42. The van der Waals surface area contributed by atoms with E-state index >= 15 is 0 Å². The number of aliphatic hydroxyl groups is 2. The molecule has 0 bridgehead atoms. The van der Waals surface area contributed by atoms with Crippen LogP contribution in [0.1, 0.15) is 17.3 Å². The van der Waals surface area contributed by atoms with Crippen LogP contribution in [0, 0.1) is 0 Å². The molecule has 22 heavy (non-hydrogen) atoms. The van der Waals surface area contributed by atoms with Crippen LogP contribution < -0.4 is 0 Å². The van der Waals surface area contributed by atoms with E-state index in [-0.39, 0.29) is 0 Å². The molecule has 0 spiro atoms. The van der Waals surface area contributed by atoms with Crippen LogP contribution in [0.4, 0.5) is 0 Å². The van der Waals surface area contributed by atoms with Crippen LogP contribution in [-0.4, -0.2) is 33.2 Å². The van der Waals surface area contributed by atoms with Gasteiger partial charge in [0.05, 0.1) is 6.10 Å². The van der Waals surface area contributed by atoms with Gasteiger partial charge in [-0.15, -0.1) is 0 Å². The van der Waals surface area contributed by atoms with Crippen LogP contribution >= 0.6 is 0 Å². The lowest BCUT2D eigenvalue weighted by molar-refractivity contribution is 0.0290. The van der Waals surface area contributed by atoms with Crippen molar-refractivity contribution in [1.29, 1.82) is 0 Å². The van der Waals surface area contributed by atoms with Crippen LogP contribution in [0.2, 0.25) is 0 Å². The van der Waals surface area contributed by atoms with Crippen molar-refractivity contribution in [3.63, 3.8) is 0 Å². The number of Topliss-reactive ketones (excluding diaryl/α,β-unsaturated/α-hetero) is 1. The summed E-state index contributed by atoms with van der Waals surface area (Å²) in [7, 11) is 0. The first-order valence-electron chi connectivity index (χ1n) is 6.92. The highest BCUT2D eigenvalue weighted by Crippen LogP contribution is 2.24. The Balaban J connectivity index is 1.89. The number of hydrogen-bond acceptors (Lipinski definition) is 5. The highest BCUT2D eigenvalue weighted by molar-refractivity contribution is 6.00. The van der Waals surface area contributed by atoms with E-state index in [1.54, 1.807) is 24.3 Å². The summed E-state index contributed by atoms with van der Waals surface area (Å²) in [5.41, 5.74) is 2.52. The van der Waals surface area contributed by atoms with Gasteiger partial charge in [-0.25, -0.2) is 4.98 Å². The third kappa shape index (κ3) is 2.64. The van der Waals surface area contributed by atoms with E-state index in [0.717, 1.165) is 11.1 Å². The Morgan fingerprint density at radius 1 is 1.09 bits per heavy atom. The number of ketones is 1. The van der Waals surface area contributed by atoms with Gasteiger partial charge in [-0.05, 0) is 31.2 Å². The SMILES string of the molecule is CC(O)[C@@H](O)C(=O)c1ccc(-c2nc3ccccc3o2)cc1. The standard InChI is InChI=1S/C17H15NO4/c1-10(19)15(20)16(21)11-6-8-12(9-7-11)17-18-13-4-2-3-5-14(13)22-17/h2-10,15,19-20H,1H3/t10?,15-/m1/s1. The number of rotatable bonds is 4. The van der Waals surface area contributed by atoms with E-state index in [4.69, 9.17) is 4.42 Å². The van der Waals surface area contributed by atoms with E-state index in [1.807, 2.05) is 24.3 Å². The molecule has 0 radical (unpaired) electrons. The quantitative estimate of drug-likeness (QED) is 0.723. The van der Waals surface area contributed by atoms with Gasteiger partial charge in [0, 0.05) is 11.1 Å². The fourth-order valence-corrected chi connectivity index (χ4v) is 2.16. The fourth-order valence-electron chi connectivity index (χ4n) is 2.16. The van der Waals surface area contributed by atoms with E-state index < -0.39 is 18.0 Å². The molecular formula is C17H15NO4. The Morgan fingerprint density at radius 3 is 2.41 bits per heavy atom. The van der Waals surface area contributed by atoms with E-state index in [0.29, 0.717) is 17.0 Å². The average Bonchev–Trinajstić information content (AvgIpc) is 2.97. The van der Waals surface area contributed by atoms with Gasteiger partial charge in [0.25, 0.3) is 0 Å². The molecule has 1 unspecified atom stereocenters. The van der Waals surface area contributed by atoms with Crippen molar-refractivity contribution in [1.82, 2.24) is 4.98 Å². The number of fused-ring (bicyclic) bond motifs is 1. The molecule has 5 nitrogen and oxygen atoms in total. The largest absolute Gasteiger partial charge is 0.436 e. The number of hydrogen-bond donors (Lipinski definition) is 2. The Hall–Kier alpha value is -2.50. The van der Waals surface area contributed by atoms with Gasteiger partial charge in [-0.3, -0.25) is 4.79 Å². The maximum Gasteiger partial charge on any atom is 0.227 e. The number of carbonyl (C=O) groups excluding carboxylic acids is 1. The summed E-state index contributed by atoms with van der Waals surface area (Å²) in [6.45, 7) is 1.37. The maximum atomic E-state index is 11.9. The Morgan fingerprint density at radius 2 is 1.77 bits per heavy atom. The molecule has 1 aromatic heterocycles. The zero-order valence-electron chi connectivity index (χ0n) is 11.9. The summed E-state index contributed by atoms with van der Waals surface area (Å²) in [6.07, 6.45) is -2.53. The lowest BCUT2D eigenvalue weighted by atomic mass is 10.0. The molecular weight excluding hydrogens is 282 g/mol. The zero-order chi connectivity index (χ0) is 15.7. The van der Waals surface area contributed by atoms with Crippen molar-refractivity contribution in [2.24, 2.45) is 0 Å². The third-order valence-electron chi connectivity index (χ3n) is 3.44. The summed E-state index contributed by atoms with van der Waals surface area (Å²) >= 11 is 0. The smallest absolute Gasteiger partial charge is 0.227 e. The first kappa shape index (κ1) is 14.4. The predicted molar refractivity (Wildman–Crippen MR) is 81.5 cm³/mol. The van der Waals surface area contributed by atoms with Crippen molar-refractivity contribution in [2.75, 3.05) is 0 Å². The summed E-state index contributed by atoms with van der Waals surface area (Å²) in [5.74, 6) is -0.0459. The highest BCUT2D eigenvalue weighted by atomic mass is 16.3. The number of oxazole rings is 1. The number of aromatic nitrogens is 1. The molecule has 0 aliphatic carbocycles. The second-order valence-electron chi connectivity index (χ2n) is 5.11. The number of para-hydroxylation sites is 2. The number of nitrogens with zero attached hydrogens (tertiary/aromatic N) is 1. The Bertz CT molecular complexity index is 772. The summed E-state index contributed by atoms with van der Waals surface area (Å²) in [6, 6.07) is 14.0. The van der Waals surface area contributed by atoms with Crippen LogP contribution in [0.3, 0.4) is 0 Å². The molecule has 112 valence electrons. The maximum absolute atomic E-state index is 11.9. The molecule has 0 saturated heterocycles. The monoisotopic (exact) mass is 297 g/mol. The number of benzene rings is 2. The van der Waals surface area contributed by atoms with Gasteiger partial charge < -0.3 is 14.6 Å². The molecule has 2 aromatic carbocycles. The van der Waals surface area contributed by atoms with Crippen molar-refractivity contribution >= 4 is 16.9 Å². The third-order valence-corrected chi connectivity index (χ3v) is 3.44. The molecule has 3 aromatic rings. The molecule has 0 amide bonds. The van der Waals surface area contributed by atoms with Crippen molar-refractivity contribution < 1.29 is 19.4 Å². The molecule has 2 atom stereocenters. The van der Waals surface area contributed by atoms with Crippen molar-refractivity contribution in [2.45, 2.75) is 19.1 Å². The van der Waals surface area contributed by atoms with E-state index in [2.05, 4.69) is 4.98 Å². The Kier molecular flexibility index (Phi) is 3.75. The normalized spacial score (nSPS) is 14.0. The second-order valence-corrected chi connectivity index (χ2v) is 5.11. The molecule has 5 heteroatoms. The average molecular weight is 297 g/mol. The van der Waals surface area contributed by atoms with Crippen molar-refractivity contribution in [3.05, 3.63) is 54.1 Å². The van der Waals surface area contributed by atoms with Crippen LogP contribution in [0.15, 0.2) is 52.9 Å². The van der Waals surface area contributed by atoms with Crippen molar-refractivity contribution in [3.8, 4) is 11.5 Å². The predicted octanol–water partition coefficient (Wildman–Crippen LogP) is 2.42. The van der Waals surface area contributed by atoms with E-state index in [9.17, 15) is 15.0 Å². The lowest BCUT2D eigenvalue weighted by Crippen LogP contribution is -2.31. The highest BCUT2D eigenvalue weighted by Gasteiger charge is 2.22. The van der Waals surface area contributed by atoms with Crippen LogP contribution in [0.5, 0.6) is 0 Å². The number of carbonyl (C=O) groups is 1. The van der Waals surface area contributed by atoms with Crippen LogP contribution in [-0.2, 0) is 0 Å². The van der Waals surface area contributed by atoms with Crippen LogP contribution in [0.25, 0.3) is 22.6 Å². The van der Waals surface area contributed by atoms with Gasteiger partial charge in [-0.1, -0.05) is 24.3 Å². The van der Waals surface area contributed by atoms with Gasteiger partial charge in [0.15, 0.2) is 11.4 Å². The van der Waals surface area contributed by atoms with Gasteiger partial charge in [0.1, 0.15) is 11.6 Å². The second kappa shape index (κ2) is 5.71. The molecule has 0 aliphatic rings. The number of aliphatic hydroxyl groups excluding tert-OH is 2. The summed E-state index contributed by atoms with van der Waals surface area (Å²) < 4.78 is 5.65. The molecule has 0 saturated carbocycles. The van der Waals surface area contributed by atoms with E-state index in [1.165, 1.54) is 6.92 Å². The van der Waals surface area contributed by atoms with Gasteiger partial charge >= 0.3 is 0 Å². The minimum Gasteiger partial charge on any atom is -0.436 e. The lowest BCUT2D eigenvalue weighted by Gasteiger charge is -2.12. The zero-order valence-corrected chi connectivity index (χ0v) is 11.9. The topological polar surface area (TPSA) is 83.6 Å². The molecule has 0 aliphatic heterocycles. The van der Waals surface area contributed by atoms with Gasteiger partial charge in [0.2, 0.25) is 5.89 Å². The van der Waals surface area contributed by atoms with Gasteiger partial charge in [-0.2, -0.15) is 0 Å². The first-order chi connectivity index (χ1) is 10.6. The summed E-state index contributed by atoms with van der Waals surface area (Å²) in [5, 5.41) is 18.9. The minimum absolute atomic E-state index is 0.327. The Labute approximate surface area is 126 Å². The molecule has 1 heterocycles. The fraction of sp³-hybridized carbons (Fsp3) is 0.176. The molecule has 3 rings (SSSR count). The molecule has 0 fully saturated rings. The summed E-state index contributed by atoms with van der Waals surface area (Å²) in [4.78, 5) is 16.3. The first-order valence-corrected chi connectivity index (χ1v) is 6.92. The molecule has 2 N–H and O–H groups in total.